The summed E-state index contributed by atoms with van der Waals surface area (Å²) in [6, 6.07) is 5.66. The number of halogens is 1. The number of hydrogen-bond donors (Lipinski definition) is 2. The van der Waals surface area contributed by atoms with Crippen LogP contribution in [0.1, 0.15) is 51.1 Å². The number of hydrogen-bond acceptors (Lipinski definition) is 4. The van der Waals surface area contributed by atoms with Gasteiger partial charge in [-0.3, -0.25) is 14.4 Å². The maximum Gasteiger partial charge on any atom is 0.325 e. The molecule has 2 heterocycles. The van der Waals surface area contributed by atoms with Gasteiger partial charge in [-0.25, -0.2) is 4.98 Å². The lowest BCUT2D eigenvalue weighted by Crippen LogP contribution is -2.55. The van der Waals surface area contributed by atoms with Crippen LogP contribution in [0.2, 0.25) is 5.02 Å². The van der Waals surface area contributed by atoms with Crippen molar-refractivity contribution in [3.05, 3.63) is 52.6 Å². The molecular formula is C23H29ClN4O4. The van der Waals surface area contributed by atoms with Crippen molar-refractivity contribution in [2.24, 2.45) is 5.41 Å². The van der Waals surface area contributed by atoms with Gasteiger partial charge in [0.15, 0.2) is 0 Å². The van der Waals surface area contributed by atoms with Crippen molar-refractivity contribution in [2.45, 2.75) is 65.7 Å². The van der Waals surface area contributed by atoms with Crippen LogP contribution in [0.4, 0.5) is 0 Å². The highest BCUT2D eigenvalue weighted by molar-refractivity contribution is 6.31. The smallest absolute Gasteiger partial charge is 0.325 e. The molecule has 0 bridgehead atoms. The second-order valence-electron chi connectivity index (χ2n) is 9.40. The maximum absolute atomic E-state index is 13.2. The third-order valence-corrected chi connectivity index (χ3v) is 5.82. The molecule has 9 heteroatoms. The molecule has 0 spiro atoms. The molecule has 0 saturated heterocycles. The van der Waals surface area contributed by atoms with E-state index in [4.69, 9.17) is 16.7 Å². The molecule has 1 aromatic heterocycles. The lowest BCUT2D eigenvalue weighted by Gasteiger charge is -2.36. The van der Waals surface area contributed by atoms with Crippen LogP contribution in [0.3, 0.4) is 0 Å². The molecule has 8 nitrogen and oxygen atoms in total. The number of amides is 2. The Morgan fingerprint density at radius 1 is 1.28 bits per heavy atom. The summed E-state index contributed by atoms with van der Waals surface area (Å²) < 4.78 is 1.95. The average Bonchev–Trinajstić information content (AvgIpc) is 3.09. The Kier molecular flexibility index (Phi) is 6.93. The average molecular weight is 461 g/mol. The topological polar surface area (TPSA) is 105 Å². The minimum absolute atomic E-state index is 0.156. The Balaban J connectivity index is 1.91. The molecule has 1 aliphatic rings. The minimum Gasteiger partial charge on any atom is -0.480 e. The highest BCUT2D eigenvalue weighted by Gasteiger charge is 2.38. The third-order valence-electron chi connectivity index (χ3n) is 5.45. The summed E-state index contributed by atoms with van der Waals surface area (Å²) in [5.74, 6) is -1.78. The first kappa shape index (κ1) is 23.8. The molecule has 32 heavy (non-hydrogen) atoms. The molecule has 0 saturated carbocycles. The van der Waals surface area contributed by atoms with Crippen molar-refractivity contribution in [1.82, 2.24) is 19.8 Å². The van der Waals surface area contributed by atoms with Crippen LogP contribution in [0.15, 0.2) is 30.6 Å². The molecule has 0 aliphatic carbocycles. The van der Waals surface area contributed by atoms with Gasteiger partial charge in [-0.2, -0.15) is 0 Å². The first-order valence-electron chi connectivity index (χ1n) is 10.5. The summed E-state index contributed by atoms with van der Waals surface area (Å²) in [6.07, 6.45) is 2.18. The maximum atomic E-state index is 13.2. The predicted octanol–water partition coefficient (Wildman–Crippen LogP) is 2.86. The van der Waals surface area contributed by atoms with Crippen LogP contribution in [0.25, 0.3) is 0 Å². The van der Waals surface area contributed by atoms with Gasteiger partial charge in [0, 0.05) is 17.9 Å². The summed E-state index contributed by atoms with van der Waals surface area (Å²) in [7, 11) is 0. The quantitative estimate of drug-likeness (QED) is 0.689. The molecule has 2 N–H and O–H groups in total. The summed E-state index contributed by atoms with van der Waals surface area (Å²) >= 11 is 6.32. The Hall–Kier alpha value is -2.87. The van der Waals surface area contributed by atoms with Gasteiger partial charge < -0.3 is 19.9 Å². The van der Waals surface area contributed by atoms with Gasteiger partial charge >= 0.3 is 5.97 Å². The van der Waals surface area contributed by atoms with Gasteiger partial charge in [-0.15, -0.1) is 0 Å². The van der Waals surface area contributed by atoms with Crippen molar-refractivity contribution >= 4 is 29.4 Å². The second-order valence-corrected chi connectivity index (χ2v) is 9.81. The Bertz CT molecular complexity index is 1030. The molecule has 3 rings (SSSR count). The molecule has 2 atom stereocenters. The summed E-state index contributed by atoms with van der Waals surface area (Å²) in [6.45, 7) is 8.00. The van der Waals surface area contributed by atoms with Gasteiger partial charge in [0.25, 0.3) is 0 Å². The number of nitrogens with one attached hydrogen (secondary N) is 1. The van der Waals surface area contributed by atoms with Crippen LogP contribution >= 0.6 is 11.6 Å². The number of benzene rings is 1. The van der Waals surface area contributed by atoms with Gasteiger partial charge in [-0.1, -0.05) is 50.6 Å². The fourth-order valence-corrected chi connectivity index (χ4v) is 3.93. The van der Waals surface area contributed by atoms with Gasteiger partial charge in [0.2, 0.25) is 11.8 Å². The summed E-state index contributed by atoms with van der Waals surface area (Å²) in [5, 5.41) is 12.3. The number of imidazole rings is 1. The van der Waals surface area contributed by atoms with E-state index in [1.165, 1.54) is 6.92 Å². The predicted molar refractivity (Wildman–Crippen MR) is 120 cm³/mol. The number of fused-ring (bicyclic) bond motifs is 1. The fourth-order valence-electron chi connectivity index (χ4n) is 3.74. The van der Waals surface area contributed by atoms with Gasteiger partial charge in [0.05, 0.1) is 30.8 Å². The van der Waals surface area contributed by atoms with Crippen molar-refractivity contribution in [1.29, 1.82) is 0 Å². The molecule has 0 radical (unpaired) electrons. The van der Waals surface area contributed by atoms with Crippen molar-refractivity contribution in [3.63, 3.8) is 0 Å². The molecule has 1 aliphatic heterocycles. The van der Waals surface area contributed by atoms with Crippen molar-refractivity contribution < 1.29 is 19.5 Å². The number of carbonyl (C=O) groups is 3. The van der Waals surface area contributed by atoms with Crippen molar-refractivity contribution in [2.75, 3.05) is 0 Å². The van der Waals surface area contributed by atoms with Gasteiger partial charge in [0.1, 0.15) is 12.1 Å². The zero-order valence-electron chi connectivity index (χ0n) is 18.8. The lowest BCUT2D eigenvalue weighted by atomic mass is 9.90. The number of carboxylic acid groups (broad SMARTS) is 1. The summed E-state index contributed by atoms with van der Waals surface area (Å²) in [4.78, 5) is 43.3. The zero-order valence-corrected chi connectivity index (χ0v) is 19.5. The third kappa shape index (κ3) is 5.48. The number of aromatic nitrogens is 2. The minimum atomic E-state index is -1.13. The molecule has 0 fully saturated rings. The van der Waals surface area contributed by atoms with Crippen LogP contribution < -0.4 is 5.32 Å². The molecule has 2 amide bonds. The van der Waals surface area contributed by atoms with E-state index in [-0.39, 0.29) is 30.7 Å². The Morgan fingerprint density at radius 3 is 2.59 bits per heavy atom. The largest absolute Gasteiger partial charge is 0.480 e. The first-order chi connectivity index (χ1) is 15.0. The van der Waals surface area contributed by atoms with Gasteiger partial charge in [-0.05, 0) is 24.0 Å². The molecule has 2 aromatic rings. The molecular weight excluding hydrogens is 432 g/mol. The van der Waals surface area contributed by atoms with Crippen LogP contribution in [-0.4, -0.2) is 49.4 Å². The highest BCUT2D eigenvalue weighted by atomic mass is 35.5. The van der Waals surface area contributed by atoms with E-state index < -0.39 is 24.0 Å². The van der Waals surface area contributed by atoms with E-state index in [0.717, 1.165) is 17.0 Å². The van der Waals surface area contributed by atoms with E-state index >= 15 is 0 Å². The number of carboxylic acids is 1. The monoisotopic (exact) mass is 460 g/mol. The van der Waals surface area contributed by atoms with E-state index in [2.05, 4.69) is 10.3 Å². The number of nitrogens with zero attached hydrogens (tertiary/aromatic N) is 3. The second kappa shape index (κ2) is 9.32. The number of carbonyl (C=O) groups excluding carboxylic acids is 2. The van der Waals surface area contributed by atoms with Crippen LogP contribution in [0.5, 0.6) is 0 Å². The Morgan fingerprint density at radius 2 is 1.97 bits per heavy atom. The number of rotatable bonds is 6. The molecule has 172 valence electrons. The van der Waals surface area contributed by atoms with Crippen LogP contribution in [0, 0.1) is 5.41 Å². The molecule has 1 aromatic carbocycles. The number of aliphatic carboxylic acids is 1. The zero-order chi connectivity index (χ0) is 23.6. The van der Waals surface area contributed by atoms with E-state index in [1.54, 1.807) is 11.2 Å². The normalized spacial score (nSPS) is 16.9. The Labute approximate surface area is 192 Å². The highest BCUT2D eigenvalue weighted by Crippen LogP contribution is 2.28. The molecule has 2 unspecified atom stereocenters. The van der Waals surface area contributed by atoms with E-state index in [0.29, 0.717) is 11.6 Å². The SMILES string of the molecule is CC(NC(=O)C1Cc2ncn(Cc3ccccc3Cl)c2CN1C(=O)CC(C)(C)C)C(=O)O. The van der Waals surface area contributed by atoms with E-state index in [1.807, 2.05) is 49.6 Å². The van der Waals surface area contributed by atoms with E-state index in [9.17, 15) is 14.4 Å². The summed E-state index contributed by atoms with van der Waals surface area (Å²) in [5.41, 5.74) is 2.24. The van der Waals surface area contributed by atoms with Crippen LogP contribution in [-0.2, 0) is 33.9 Å². The fraction of sp³-hybridized carbons (Fsp3) is 0.478. The van der Waals surface area contributed by atoms with Crippen molar-refractivity contribution in [3.8, 4) is 0 Å². The standard InChI is InChI=1S/C23H29ClN4O4/c1-14(22(31)32)26-21(30)18-9-17-19(12-28(18)20(29)10-23(2,3)4)27(13-25-17)11-15-7-5-6-8-16(15)24/h5-8,13-14,18H,9-12H2,1-4H3,(H,26,30)(H,31,32). The first-order valence-corrected chi connectivity index (χ1v) is 10.9. The lowest BCUT2D eigenvalue weighted by molar-refractivity contribution is -0.146.